The smallest absolute Gasteiger partial charge is 0.299 e. The third-order valence-electron chi connectivity index (χ3n) is 3.47. The molecule has 0 saturated heterocycles. The zero-order valence-electron chi connectivity index (χ0n) is 11.1. The second-order valence-corrected chi connectivity index (χ2v) is 4.67. The van der Waals surface area contributed by atoms with Crippen molar-refractivity contribution in [3.05, 3.63) is 47.5 Å². The summed E-state index contributed by atoms with van der Waals surface area (Å²) in [5, 5.41) is 0. The number of amides is 1. The summed E-state index contributed by atoms with van der Waals surface area (Å²) < 4.78 is 28.4. The van der Waals surface area contributed by atoms with Gasteiger partial charge in [-0.25, -0.2) is 13.8 Å². The van der Waals surface area contributed by atoms with Gasteiger partial charge in [0, 0.05) is 18.8 Å². The molecule has 0 atom stereocenters. The molecule has 0 unspecified atom stereocenters. The van der Waals surface area contributed by atoms with Gasteiger partial charge in [0.1, 0.15) is 0 Å². The van der Waals surface area contributed by atoms with E-state index in [0.29, 0.717) is 12.2 Å². The summed E-state index contributed by atoms with van der Waals surface area (Å²) in [6.07, 6.45) is 3.17. The molecule has 0 saturated carbocycles. The molecule has 1 aliphatic heterocycles. The molecule has 1 aromatic heterocycles. The fraction of sp³-hybridized carbons (Fsp3) is 0.214. The molecule has 0 spiro atoms. The van der Waals surface area contributed by atoms with E-state index in [1.54, 1.807) is 17.1 Å². The molecular formula is C14H11F2N3O2. The Hall–Kier alpha value is -2.57. The lowest BCUT2D eigenvalue weighted by Crippen LogP contribution is -2.30. The molecule has 1 aromatic carbocycles. The average molecular weight is 291 g/mol. The number of benzene rings is 1. The van der Waals surface area contributed by atoms with Crippen molar-refractivity contribution in [1.82, 2.24) is 9.55 Å². The normalized spacial score (nSPS) is 14.0. The molecule has 0 aliphatic carbocycles. The molecule has 2 heterocycles. The molecule has 1 amide bonds. The predicted molar refractivity (Wildman–Crippen MR) is 69.8 cm³/mol. The maximum absolute atomic E-state index is 13.4. The molecule has 0 N–H and O–H groups in total. The van der Waals surface area contributed by atoms with Crippen LogP contribution in [0.2, 0.25) is 0 Å². The van der Waals surface area contributed by atoms with Crippen LogP contribution < -0.4 is 4.90 Å². The van der Waals surface area contributed by atoms with Crippen molar-refractivity contribution < 1.29 is 18.4 Å². The third-order valence-corrected chi connectivity index (χ3v) is 3.47. The summed E-state index contributed by atoms with van der Waals surface area (Å²) in [5.74, 6) is -3.86. The molecular weight excluding hydrogens is 280 g/mol. The zero-order valence-corrected chi connectivity index (χ0v) is 11.1. The van der Waals surface area contributed by atoms with Crippen LogP contribution in [0.25, 0.3) is 0 Å². The number of ketones is 1. The number of halogens is 2. The van der Waals surface area contributed by atoms with Crippen LogP contribution in [-0.4, -0.2) is 21.2 Å². The Morgan fingerprint density at radius 3 is 2.62 bits per heavy atom. The van der Waals surface area contributed by atoms with Gasteiger partial charge in [-0.3, -0.25) is 14.5 Å². The van der Waals surface area contributed by atoms with Gasteiger partial charge in [0.25, 0.3) is 11.7 Å². The number of nitrogens with zero attached hydrogens (tertiary/aromatic N) is 3. The van der Waals surface area contributed by atoms with E-state index < -0.39 is 23.3 Å². The van der Waals surface area contributed by atoms with Crippen molar-refractivity contribution in [2.75, 3.05) is 4.90 Å². The number of carbonyl (C=O) groups is 2. The van der Waals surface area contributed by atoms with Crippen molar-refractivity contribution in [2.45, 2.75) is 20.0 Å². The highest BCUT2D eigenvalue weighted by Gasteiger charge is 2.37. The number of carbonyl (C=O) groups excluding carboxylic acids is 2. The molecule has 21 heavy (non-hydrogen) atoms. The molecule has 0 radical (unpaired) electrons. The maximum atomic E-state index is 13.4. The predicted octanol–water partition coefficient (Wildman–Crippen LogP) is 1.91. The topological polar surface area (TPSA) is 55.2 Å². The van der Waals surface area contributed by atoms with Crippen LogP contribution >= 0.6 is 0 Å². The fourth-order valence-electron chi connectivity index (χ4n) is 2.37. The van der Waals surface area contributed by atoms with Gasteiger partial charge in [-0.2, -0.15) is 0 Å². The minimum Gasteiger partial charge on any atom is -0.333 e. The number of anilines is 1. The van der Waals surface area contributed by atoms with Crippen LogP contribution in [0.4, 0.5) is 14.5 Å². The Balaban J connectivity index is 2.03. The number of aromatic nitrogens is 2. The monoisotopic (exact) mass is 291 g/mol. The number of aryl methyl sites for hydroxylation is 1. The molecule has 0 fully saturated rings. The fourth-order valence-corrected chi connectivity index (χ4v) is 2.37. The maximum Gasteiger partial charge on any atom is 0.299 e. The van der Waals surface area contributed by atoms with Gasteiger partial charge in [-0.1, -0.05) is 0 Å². The van der Waals surface area contributed by atoms with E-state index in [1.165, 1.54) is 0 Å². The minimum absolute atomic E-state index is 0.0798. The quantitative estimate of drug-likeness (QED) is 0.812. The summed E-state index contributed by atoms with van der Waals surface area (Å²) in [6.45, 7) is 2.64. The number of hydrogen-bond donors (Lipinski definition) is 0. The number of rotatable bonds is 3. The van der Waals surface area contributed by atoms with Gasteiger partial charge in [0.05, 0.1) is 29.8 Å². The van der Waals surface area contributed by atoms with Crippen molar-refractivity contribution in [1.29, 1.82) is 0 Å². The Morgan fingerprint density at radius 2 is 1.90 bits per heavy atom. The average Bonchev–Trinajstić information content (AvgIpc) is 3.00. The van der Waals surface area contributed by atoms with Crippen molar-refractivity contribution in [3.8, 4) is 0 Å². The van der Waals surface area contributed by atoms with E-state index >= 15 is 0 Å². The second-order valence-electron chi connectivity index (χ2n) is 4.67. The lowest BCUT2D eigenvalue weighted by atomic mass is 10.1. The molecule has 0 bridgehead atoms. The van der Waals surface area contributed by atoms with E-state index in [0.717, 1.165) is 17.0 Å². The van der Waals surface area contributed by atoms with Crippen molar-refractivity contribution in [2.24, 2.45) is 0 Å². The van der Waals surface area contributed by atoms with Crippen molar-refractivity contribution in [3.63, 3.8) is 0 Å². The molecule has 3 rings (SSSR count). The summed E-state index contributed by atoms with van der Waals surface area (Å²) >= 11 is 0. The zero-order chi connectivity index (χ0) is 15.1. The van der Waals surface area contributed by atoms with Crippen LogP contribution in [0.1, 0.15) is 23.0 Å². The minimum atomic E-state index is -1.14. The number of fused-ring (bicyclic) bond motifs is 1. The first kappa shape index (κ1) is 13.4. The molecule has 108 valence electrons. The van der Waals surface area contributed by atoms with Crippen LogP contribution in [0.3, 0.4) is 0 Å². The first-order valence-corrected chi connectivity index (χ1v) is 6.37. The summed E-state index contributed by atoms with van der Waals surface area (Å²) in [5.41, 5.74) is 0.686. The summed E-state index contributed by atoms with van der Waals surface area (Å²) in [6, 6.07) is 1.64. The largest absolute Gasteiger partial charge is 0.333 e. The Kier molecular flexibility index (Phi) is 3.04. The molecule has 7 heteroatoms. The van der Waals surface area contributed by atoms with Gasteiger partial charge in [-0.05, 0) is 13.0 Å². The lowest BCUT2D eigenvalue weighted by Gasteiger charge is -2.17. The Bertz CT molecular complexity index is 755. The van der Waals surface area contributed by atoms with E-state index in [4.69, 9.17) is 0 Å². The lowest BCUT2D eigenvalue weighted by molar-refractivity contribution is -0.114. The molecule has 5 nitrogen and oxygen atoms in total. The number of Topliss-reactive ketones (excluding diaryl/α,β-unsaturated/α-hetero) is 1. The standard InChI is InChI=1S/C14H11F2N3O2/c1-2-18-7-17-5-8(18)6-19-12-4-11(16)10(15)3-9(12)13(20)14(19)21/h3-5,7H,2,6H2,1H3. The number of imidazole rings is 1. The van der Waals surface area contributed by atoms with Crippen LogP contribution in [0.15, 0.2) is 24.7 Å². The molecule has 2 aromatic rings. The van der Waals surface area contributed by atoms with Crippen LogP contribution in [0, 0.1) is 11.6 Å². The van der Waals surface area contributed by atoms with Gasteiger partial charge in [0.15, 0.2) is 11.6 Å². The van der Waals surface area contributed by atoms with Gasteiger partial charge in [-0.15, -0.1) is 0 Å². The highest BCUT2D eigenvalue weighted by Crippen LogP contribution is 2.32. The third kappa shape index (κ3) is 2.01. The SMILES string of the molecule is CCn1cncc1CN1C(=O)C(=O)c2cc(F)c(F)cc21. The van der Waals surface area contributed by atoms with Crippen LogP contribution in [0.5, 0.6) is 0 Å². The van der Waals surface area contributed by atoms with E-state index in [-0.39, 0.29) is 17.8 Å². The first-order chi connectivity index (χ1) is 10.0. The van der Waals surface area contributed by atoms with Gasteiger partial charge in [0.2, 0.25) is 0 Å². The Morgan fingerprint density at radius 1 is 1.19 bits per heavy atom. The number of hydrogen-bond acceptors (Lipinski definition) is 3. The van der Waals surface area contributed by atoms with E-state index in [9.17, 15) is 18.4 Å². The Labute approximate surface area is 118 Å². The van der Waals surface area contributed by atoms with E-state index in [2.05, 4.69) is 4.98 Å². The van der Waals surface area contributed by atoms with Crippen LogP contribution in [-0.2, 0) is 17.9 Å². The molecule has 1 aliphatic rings. The van der Waals surface area contributed by atoms with Crippen molar-refractivity contribution >= 4 is 17.4 Å². The summed E-state index contributed by atoms with van der Waals surface area (Å²) in [4.78, 5) is 29.0. The highest BCUT2D eigenvalue weighted by atomic mass is 19.2. The highest BCUT2D eigenvalue weighted by molar-refractivity contribution is 6.52. The summed E-state index contributed by atoms with van der Waals surface area (Å²) in [7, 11) is 0. The van der Waals surface area contributed by atoms with Gasteiger partial charge < -0.3 is 4.57 Å². The van der Waals surface area contributed by atoms with Gasteiger partial charge >= 0.3 is 0 Å². The van der Waals surface area contributed by atoms with E-state index in [1.807, 2.05) is 6.92 Å². The first-order valence-electron chi connectivity index (χ1n) is 6.37. The second kappa shape index (κ2) is 4.76.